The van der Waals surface area contributed by atoms with Crippen molar-refractivity contribution >= 4 is 0 Å². The van der Waals surface area contributed by atoms with Gasteiger partial charge in [0.05, 0.1) is 5.60 Å². The number of aliphatic hydroxyl groups is 1. The molecule has 1 saturated carbocycles. The summed E-state index contributed by atoms with van der Waals surface area (Å²) in [5.41, 5.74) is 1.21. The fourth-order valence-corrected chi connectivity index (χ4v) is 3.00. The van der Waals surface area contributed by atoms with E-state index in [0.29, 0.717) is 12.0 Å². The SMILES string of the molecule is CCCn1ccc(CNCC2(O)CCC(C)(C)CC2)c1. The Morgan fingerprint density at radius 3 is 2.60 bits per heavy atom. The van der Waals surface area contributed by atoms with Crippen molar-refractivity contribution in [3.8, 4) is 0 Å². The molecule has 0 amide bonds. The van der Waals surface area contributed by atoms with Gasteiger partial charge in [0, 0.05) is 32.0 Å². The van der Waals surface area contributed by atoms with E-state index in [2.05, 4.69) is 49.1 Å². The maximum absolute atomic E-state index is 10.6. The second-order valence-corrected chi connectivity index (χ2v) is 7.25. The van der Waals surface area contributed by atoms with Crippen LogP contribution in [0.5, 0.6) is 0 Å². The number of hydrogen-bond acceptors (Lipinski definition) is 2. The van der Waals surface area contributed by atoms with Gasteiger partial charge in [-0.3, -0.25) is 0 Å². The Labute approximate surface area is 123 Å². The van der Waals surface area contributed by atoms with Crippen LogP contribution in [-0.2, 0) is 13.1 Å². The molecule has 1 aliphatic rings. The topological polar surface area (TPSA) is 37.2 Å². The molecule has 0 unspecified atom stereocenters. The van der Waals surface area contributed by atoms with E-state index in [0.717, 1.165) is 45.2 Å². The minimum Gasteiger partial charge on any atom is -0.389 e. The maximum atomic E-state index is 10.6. The third-order valence-corrected chi connectivity index (χ3v) is 4.61. The van der Waals surface area contributed by atoms with Crippen LogP contribution in [0.1, 0.15) is 58.4 Å². The Morgan fingerprint density at radius 1 is 1.25 bits per heavy atom. The highest BCUT2D eigenvalue weighted by Crippen LogP contribution is 2.39. The molecule has 20 heavy (non-hydrogen) atoms. The lowest BCUT2D eigenvalue weighted by molar-refractivity contribution is -0.0245. The van der Waals surface area contributed by atoms with Crippen molar-refractivity contribution < 1.29 is 5.11 Å². The van der Waals surface area contributed by atoms with Gasteiger partial charge < -0.3 is 15.0 Å². The highest BCUT2D eigenvalue weighted by molar-refractivity contribution is 5.10. The molecule has 0 bridgehead atoms. The molecule has 114 valence electrons. The van der Waals surface area contributed by atoms with Crippen LogP contribution in [0.4, 0.5) is 0 Å². The monoisotopic (exact) mass is 278 g/mol. The molecule has 1 fully saturated rings. The zero-order chi connectivity index (χ0) is 14.6. The largest absolute Gasteiger partial charge is 0.389 e. The first kappa shape index (κ1) is 15.6. The van der Waals surface area contributed by atoms with E-state index >= 15 is 0 Å². The standard InChI is InChI=1S/C17H30N2O/c1-4-10-19-11-5-15(13-19)12-18-14-17(20)8-6-16(2,3)7-9-17/h5,11,13,18,20H,4,6-10,12,14H2,1-3H3. The van der Waals surface area contributed by atoms with Crippen LogP contribution in [0, 0.1) is 5.41 Å². The van der Waals surface area contributed by atoms with Crippen LogP contribution < -0.4 is 5.32 Å². The summed E-state index contributed by atoms with van der Waals surface area (Å²) in [6.45, 7) is 9.44. The van der Waals surface area contributed by atoms with Gasteiger partial charge in [0.25, 0.3) is 0 Å². The summed E-state index contributed by atoms with van der Waals surface area (Å²) >= 11 is 0. The second kappa shape index (κ2) is 6.31. The smallest absolute Gasteiger partial charge is 0.0772 e. The quantitative estimate of drug-likeness (QED) is 0.837. The lowest BCUT2D eigenvalue weighted by Gasteiger charge is -2.40. The normalized spacial score (nSPS) is 21.0. The Bertz CT molecular complexity index is 412. The van der Waals surface area contributed by atoms with Gasteiger partial charge in [-0.15, -0.1) is 0 Å². The molecule has 3 nitrogen and oxygen atoms in total. The van der Waals surface area contributed by atoms with Crippen molar-refractivity contribution in [3.63, 3.8) is 0 Å². The zero-order valence-electron chi connectivity index (χ0n) is 13.3. The number of aromatic nitrogens is 1. The van der Waals surface area contributed by atoms with Gasteiger partial charge in [0.2, 0.25) is 0 Å². The van der Waals surface area contributed by atoms with Crippen molar-refractivity contribution in [1.82, 2.24) is 9.88 Å². The lowest BCUT2D eigenvalue weighted by atomic mass is 9.71. The summed E-state index contributed by atoms with van der Waals surface area (Å²) in [5.74, 6) is 0. The highest BCUT2D eigenvalue weighted by Gasteiger charge is 2.36. The summed E-state index contributed by atoms with van der Waals surface area (Å²) in [6, 6.07) is 2.16. The summed E-state index contributed by atoms with van der Waals surface area (Å²) < 4.78 is 2.23. The number of aryl methyl sites for hydroxylation is 1. The fraction of sp³-hybridized carbons (Fsp3) is 0.765. The predicted molar refractivity (Wildman–Crippen MR) is 83.6 cm³/mol. The number of rotatable bonds is 6. The third-order valence-electron chi connectivity index (χ3n) is 4.61. The molecule has 0 aliphatic heterocycles. The molecule has 1 aliphatic carbocycles. The molecular weight excluding hydrogens is 248 g/mol. The van der Waals surface area contributed by atoms with Gasteiger partial charge in [0.15, 0.2) is 0 Å². The predicted octanol–water partition coefficient (Wildman–Crippen LogP) is 3.32. The summed E-state index contributed by atoms with van der Waals surface area (Å²) in [6.07, 6.45) is 9.59. The van der Waals surface area contributed by atoms with E-state index in [-0.39, 0.29) is 0 Å². The van der Waals surface area contributed by atoms with Gasteiger partial charge in [-0.25, -0.2) is 0 Å². The molecule has 2 N–H and O–H groups in total. The van der Waals surface area contributed by atoms with Crippen LogP contribution in [0.15, 0.2) is 18.5 Å². The fourth-order valence-electron chi connectivity index (χ4n) is 3.00. The molecule has 3 heteroatoms. The van der Waals surface area contributed by atoms with Gasteiger partial charge in [0.1, 0.15) is 0 Å². The van der Waals surface area contributed by atoms with Gasteiger partial charge in [-0.2, -0.15) is 0 Å². The van der Waals surface area contributed by atoms with Crippen LogP contribution in [-0.4, -0.2) is 21.8 Å². The number of nitrogens with zero attached hydrogens (tertiary/aromatic N) is 1. The molecule has 0 saturated heterocycles. The number of nitrogens with one attached hydrogen (secondary N) is 1. The van der Waals surface area contributed by atoms with E-state index in [1.165, 1.54) is 5.56 Å². The van der Waals surface area contributed by atoms with Crippen molar-refractivity contribution in [2.45, 2.75) is 71.6 Å². The molecule has 1 heterocycles. The molecule has 0 atom stereocenters. The Balaban J connectivity index is 1.75. The molecule has 0 spiro atoms. The molecule has 1 aromatic rings. The molecular formula is C17H30N2O. The van der Waals surface area contributed by atoms with Crippen molar-refractivity contribution in [3.05, 3.63) is 24.0 Å². The number of hydrogen-bond donors (Lipinski definition) is 2. The van der Waals surface area contributed by atoms with E-state index < -0.39 is 5.60 Å². The summed E-state index contributed by atoms with van der Waals surface area (Å²) in [7, 11) is 0. The van der Waals surface area contributed by atoms with Crippen LogP contribution in [0.2, 0.25) is 0 Å². The third kappa shape index (κ3) is 4.35. The highest BCUT2D eigenvalue weighted by atomic mass is 16.3. The van der Waals surface area contributed by atoms with E-state index in [1.807, 2.05) is 0 Å². The van der Waals surface area contributed by atoms with Crippen molar-refractivity contribution in [2.75, 3.05) is 6.54 Å². The van der Waals surface area contributed by atoms with Gasteiger partial charge >= 0.3 is 0 Å². The second-order valence-electron chi connectivity index (χ2n) is 7.25. The minimum atomic E-state index is -0.499. The van der Waals surface area contributed by atoms with Crippen LogP contribution in [0.25, 0.3) is 0 Å². The Morgan fingerprint density at radius 2 is 1.95 bits per heavy atom. The average molecular weight is 278 g/mol. The first-order valence-corrected chi connectivity index (χ1v) is 8.00. The van der Waals surface area contributed by atoms with E-state index in [4.69, 9.17) is 0 Å². The van der Waals surface area contributed by atoms with Crippen molar-refractivity contribution in [2.24, 2.45) is 5.41 Å². The zero-order valence-corrected chi connectivity index (χ0v) is 13.3. The van der Waals surface area contributed by atoms with Crippen LogP contribution >= 0.6 is 0 Å². The van der Waals surface area contributed by atoms with E-state index in [9.17, 15) is 5.11 Å². The van der Waals surface area contributed by atoms with Crippen LogP contribution in [0.3, 0.4) is 0 Å². The minimum absolute atomic E-state index is 0.406. The van der Waals surface area contributed by atoms with Gasteiger partial charge in [-0.05, 0) is 49.1 Å². The Hall–Kier alpha value is -0.800. The lowest BCUT2D eigenvalue weighted by Crippen LogP contribution is -2.44. The van der Waals surface area contributed by atoms with E-state index in [1.54, 1.807) is 0 Å². The molecule has 0 aromatic carbocycles. The Kier molecular flexibility index (Phi) is 4.92. The van der Waals surface area contributed by atoms with Gasteiger partial charge in [-0.1, -0.05) is 20.8 Å². The first-order chi connectivity index (χ1) is 9.42. The molecule has 2 rings (SSSR count). The summed E-state index contributed by atoms with van der Waals surface area (Å²) in [4.78, 5) is 0. The van der Waals surface area contributed by atoms with Crippen molar-refractivity contribution in [1.29, 1.82) is 0 Å². The molecule has 0 radical (unpaired) electrons. The average Bonchev–Trinajstić information content (AvgIpc) is 2.82. The molecule has 1 aromatic heterocycles. The maximum Gasteiger partial charge on any atom is 0.0772 e. The summed E-state index contributed by atoms with van der Waals surface area (Å²) in [5, 5.41) is 14.0. The first-order valence-electron chi connectivity index (χ1n) is 8.00.